The highest BCUT2D eigenvalue weighted by Gasteiger charge is 2.15. The van der Waals surface area contributed by atoms with Gasteiger partial charge in [0.25, 0.3) is 5.91 Å². The molecule has 156 valence electrons. The van der Waals surface area contributed by atoms with E-state index in [4.69, 9.17) is 21.7 Å². The first-order valence-electron chi connectivity index (χ1n) is 9.37. The van der Waals surface area contributed by atoms with Gasteiger partial charge >= 0.3 is 0 Å². The zero-order valence-corrected chi connectivity index (χ0v) is 19.2. The van der Waals surface area contributed by atoms with E-state index in [1.807, 2.05) is 30.3 Å². The minimum absolute atomic E-state index is 0.216. The SMILES string of the molecule is CCN(CC)c1ccc(NC(=S)NC(=O)c2cc(Br)ccc2OCCOC)cc1. The molecule has 0 spiro atoms. The number of thiocarbonyl (C=S) groups is 1. The first-order chi connectivity index (χ1) is 14.0. The van der Waals surface area contributed by atoms with E-state index in [1.165, 1.54) is 0 Å². The number of benzene rings is 2. The summed E-state index contributed by atoms with van der Waals surface area (Å²) >= 11 is 8.68. The Kier molecular flexibility index (Phi) is 9.37. The molecule has 0 fully saturated rings. The number of carbonyl (C=O) groups is 1. The lowest BCUT2D eigenvalue weighted by molar-refractivity contribution is 0.0969. The number of methoxy groups -OCH3 is 1. The molecule has 2 aromatic carbocycles. The molecule has 0 aliphatic rings. The Morgan fingerprint density at radius 1 is 1.10 bits per heavy atom. The van der Waals surface area contributed by atoms with Gasteiger partial charge in [0.2, 0.25) is 0 Å². The van der Waals surface area contributed by atoms with E-state index in [9.17, 15) is 4.79 Å². The molecule has 8 heteroatoms. The van der Waals surface area contributed by atoms with Gasteiger partial charge in [-0.25, -0.2) is 0 Å². The Morgan fingerprint density at radius 3 is 2.41 bits per heavy atom. The van der Waals surface area contributed by atoms with E-state index >= 15 is 0 Å². The minimum atomic E-state index is -0.351. The van der Waals surface area contributed by atoms with Crippen LogP contribution in [0.4, 0.5) is 11.4 Å². The van der Waals surface area contributed by atoms with Gasteiger partial charge in [-0.15, -0.1) is 0 Å². The van der Waals surface area contributed by atoms with Crippen LogP contribution in [0, 0.1) is 0 Å². The fourth-order valence-corrected chi connectivity index (χ4v) is 3.29. The van der Waals surface area contributed by atoms with Crippen LogP contribution in [-0.2, 0) is 4.74 Å². The van der Waals surface area contributed by atoms with E-state index in [0.29, 0.717) is 24.5 Å². The van der Waals surface area contributed by atoms with E-state index in [0.717, 1.165) is 28.9 Å². The number of rotatable bonds is 9. The van der Waals surface area contributed by atoms with Crippen LogP contribution in [0.5, 0.6) is 5.75 Å². The van der Waals surface area contributed by atoms with Crippen molar-refractivity contribution in [2.24, 2.45) is 0 Å². The lowest BCUT2D eigenvalue weighted by Gasteiger charge is -2.21. The molecular weight excluding hydrogens is 454 g/mol. The number of halogens is 1. The van der Waals surface area contributed by atoms with Crippen molar-refractivity contribution in [2.75, 3.05) is 43.6 Å². The summed E-state index contributed by atoms with van der Waals surface area (Å²) in [7, 11) is 1.59. The van der Waals surface area contributed by atoms with Crippen molar-refractivity contribution in [3.8, 4) is 5.75 Å². The van der Waals surface area contributed by atoms with Gasteiger partial charge in [0, 0.05) is 36.0 Å². The molecule has 0 unspecified atom stereocenters. The van der Waals surface area contributed by atoms with Crippen LogP contribution in [0.2, 0.25) is 0 Å². The van der Waals surface area contributed by atoms with Crippen molar-refractivity contribution in [3.63, 3.8) is 0 Å². The molecule has 6 nitrogen and oxygen atoms in total. The average Bonchev–Trinajstić information content (AvgIpc) is 2.71. The zero-order chi connectivity index (χ0) is 21.2. The van der Waals surface area contributed by atoms with Gasteiger partial charge in [0.15, 0.2) is 5.11 Å². The predicted molar refractivity (Wildman–Crippen MR) is 125 cm³/mol. The van der Waals surface area contributed by atoms with Crippen molar-refractivity contribution < 1.29 is 14.3 Å². The fourth-order valence-electron chi connectivity index (χ4n) is 2.72. The van der Waals surface area contributed by atoms with Crippen molar-refractivity contribution in [2.45, 2.75) is 13.8 Å². The minimum Gasteiger partial charge on any atom is -0.490 e. The third-order valence-corrected chi connectivity index (χ3v) is 4.91. The third-order valence-electron chi connectivity index (χ3n) is 4.21. The maximum Gasteiger partial charge on any atom is 0.261 e. The van der Waals surface area contributed by atoms with Gasteiger partial charge in [-0.05, 0) is 68.5 Å². The molecule has 0 aliphatic carbocycles. The van der Waals surface area contributed by atoms with Crippen molar-refractivity contribution in [1.29, 1.82) is 0 Å². The smallest absolute Gasteiger partial charge is 0.261 e. The highest BCUT2D eigenvalue weighted by molar-refractivity contribution is 9.10. The summed E-state index contributed by atoms with van der Waals surface area (Å²) in [4.78, 5) is 14.9. The summed E-state index contributed by atoms with van der Waals surface area (Å²) in [5.41, 5.74) is 2.33. The number of hydrogen-bond acceptors (Lipinski definition) is 5. The molecule has 2 aromatic rings. The molecule has 0 bridgehead atoms. The number of hydrogen-bond donors (Lipinski definition) is 2. The van der Waals surface area contributed by atoms with Gasteiger partial charge in [-0.3, -0.25) is 10.1 Å². The Hall–Kier alpha value is -2.16. The Bertz CT molecular complexity index is 826. The first kappa shape index (κ1) is 23.1. The molecule has 2 N–H and O–H groups in total. The van der Waals surface area contributed by atoms with Crippen molar-refractivity contribution >= 4 is 50.5 Å². The number of nitrogens with zero attached hydrogens (tertiary/aromatic N) is 1. The molecular formula is C21H26BrN3O3S. The topological polar surface area (TPSA) is 62.8 Å². The van der Waals surface area contributed by atoms with Crippen LogP contribution in [0.25, 0.3) is 0 Å². The number of anilines is 2. The molecule has 2 rings (SSSR count). The lowest BCUT2D eigenvalue weighted by atomic mass is 10.2. The standard InChI is InChI=1S/C21H26BrN3O3S/c1-4-25(5-2)17-9-7-16(8-10-17)23-21(29)24-20(26)18-14-15(22)6-11-19(18)28-13-12-27-3/h6-11,14H,4-5,12-13H2,1-3H3,(H2,23,24,26,29). The van der Waals surface area contributed by atoms with Gasteiger partial charge in [-0.1, -0.05) is 15.9 Å². The summed E-state index contributed by atoms with van der Waals surface area (Å²) in [6.07, 6.45) is 0. The van der Waals surface area contributed by atoms with Crippen LogP contribution < -0.4 is 20.3 Å². The summed E-state index contributed by atoms with van der Waals surface area (Å²) in [6, 6.07) is 13.2. The quantitative estimate of drug-likeness (QED) is 0.409. The third kappa shape index (κ3) is 6.99. The monoisotopic (exact) mass is 479 g/mol. The maximum atomic E-state index is 12.7. The molecule has 0 radical (unpaired) electrons. The van der Waals surface area contributed by atoms with Crippen molar-refractivity contribution in [1.82, 2.24) is 5.32 Å². The molecule has 0 saturated carbocycles. The van der Waals surface area contributed by atoms with Crippen LogP contribution >= 0.6 is 28.1 Å². The Labute approximate surface area is 185 Å². The molecule has 29 heavy (non-hydrogen) atoms. The van der Waals surface area contributed by atoms with Gasteiger partial charge in [0.05, 0.1) is 12.2 Å². The molecule has 1 amide bonds. The average molecular weight is 480 g/mol. The lowest BCUT2D eigenvalue weighted by Crippen LogP contribution is -2.34. The second-order valence-corrected chi connectivity index (χ2v) is 7.43. The van der Waals surface area contributed by atoms with Gasteiger partial charge < -0.3 is 19.7 Å². The largest absolute Gasteiger partial charge is 0.490 e. The second kappa shape index (κ2) is 11.7. The number of ether oxygens (including phenoxy) is 2. The van der Waals surface area contributed by atoms with Gasteiger partial charge in [0.1, 0.15) is 12.4 Å². The summed E-state index contributed by atoms with van der Waals surface area (Å²) in [5.74, 6) is 0.116. The normalized spacial score (nSPS) is 10.3. The number of carbonyl (C=O) groups excluding carboxylic acids is 1. The van der Waals surface area contributed by atoms with Crippen LogP contribution in [0.15, 0.2) is 46.9 Å². The first-order valence-corrected chi connectivity index (χ1v) is 10.6. The molecule has 0 aromatic heterocycles. The van der Waals surface area contributed by atoms with E-state index in [-0.39, 0.29) is 11.0 Å². The number of nitrogens with one attached hydrogen (secondary N) is 2. The summed E-state index contributed by atoms with van der Waals surface area (Å²) in [6.45, 7) is 6.91. The Morgan fingerprint density at radius 2 is 1.79 bits per heavy atom. The molecule has 0 aliphatic heterocycles. The highest BCUT2D eigenvalue weighted by Crippen LogP contribution is 2.23. The molecule has 0 saturated heterocycles. The van der Waals surface area contributed by atoms with E-state index in [1.54, 1.807) is 19.2 Å². The van der Waals surface area contributed by atoms with Crippen LogP contribution in [0.3, 0.4) is 0 Å². The number of amides is 1. The van der Waals surface area contributed by atoms with Crippen molar-refractivity contribution in [3.05, 3.63) is 52.5 Å². The molecule has 0 heterocycles. The fraction of sp³-hybridized carbons (Fsp3) is 0.333. The van der Waals surface area contributed by atoms with E-state index < -0.39 is 0 Å². The van der Waals surface area contributed by atoms with Crippen LogP contribution in [0.1, 0.15) is 24.2 Å². The maximum absolute atomic E-state index is 12.7. The second-order valence-electron chi connectivity index (χ2n) is 6.11. The van der Waals surface area contributed by atoms with Gasteiger partial charge in [-0.2, -0.15) is 0 Å². The predicted octanol–water partition coefficient (Wildman–Crippen LogP) is 4.45. The van der Waals surface area contributed by atoms with E-state index in [2.05, 4.69) is 45.3 Å². The summed E-state index contributed by atoms with van der Waals surface area (Å²) in [5, 5.41) is 5.96. The van der Waals surface area contributed by atoms with Crippen LogP contribution in [-0.4, -0.2) is 44.4 Å². The zero-order valence-electron chi connectivity index (χ0n) is 16.8. The molecule has 0 atom stereocenters. The highest BCUT2D eigenvalue weighted by atomic mass is 79.9. The Balaban J connectivity index is 2.02. The summed E-state index contributed by atoms with van der Waals surface area (Å²) < 4.78 is 11.4.